The molecule has 2 aromatic rings. The lowest BCUT2D eigenvalue weighted by molar-refractivity contribution is 0.102. The third-order valence-electron chi connectivity index (χ3n) is 2.59. The zero-order valence-corrected chi connectivity index (χ0v) is 12.5. The average molecular weight is 368 g/mol. The number of halogens is 1. The van der Waals surface area contributed by atoms with Gasteiger partial charge in [-0.3, -0.25) is 4.79 Å². The Morgan fingerprint density at radius 2 is 2.00 bits per heavy atom. The number of hydrogen-bond donors (Lipinski definition) is 2. The Morgan fingerprint density at radius 3 is 2.68 bits per heavy atom. The number of para-hydroxylation sites is 1. The number of nitrogen functional groups attached to an aromatic ring is 1. The number of benzene rings is 2. The van der Waals surface area contributed by atoms with Crippen LogP contribution in [0.3, 0.4) is 0 Å². The van der Waals surface area contributed by atoms with Gasteiger partial charge >= 0.3 is 0 Å². The smallest absolute Gasteiger partial charge is 0.259 e. The third-order valence-corrected chi connectivity index (χ3v) is 3.53. The van der Waals surface area contributed by atoms with Crippen molar-refractivity contribution in [3.05, 3.63) is 51.6 Å². The van der Waals surface area contributed by atoms with Crippen molar-refractivity contribution in [2.75, 3.05) is 18.2 Å². The summed E-state index contributed by atoms with van der Waals surface area (Å²) in [5, 5.41) is 2.85. The van der Waals surface area contributed by atoms with E-state index in [2.05, 4.69) is 27.9 Å². The maximum absolute atomic E-state index is 12.2. The number of nitrogens with two attached hydrogens (primary N) is 1. The van der Waals surface area contributed by atoms with Gasteiger partial charge in [0.15, 0.2) is 0 Å². The van der Waals surface area contributed by atoms with Crippen molar-refractivity contribution in [1.82, 2.24) is 0 Å². The number of anilines is 2. The highest BCUT2D eigenvalue weighted by atomic mass is 127. The number of hydrogen-bond acceptors (Lipinski definition) is 3. The van der Waals surface area contributed by atoms with E-state index >= 15 is 0 Å². The zero-order chi connectivity index (χ0) is 13.8. The molecule has 0 aromatic heterocycles. The molecular weight excluding hydrogens is 355 g/mol. The number of carbonyl (C=O) groups is 1. The topological polar surface area (TPSA) is 64.3 Å². The molecule has 0 atom stereocenters. The Kier molecular flexibility index (Phi) is 4.26. The fourth-order valence-corrected chi connectivity index (χ4v) is 2.18. The summed E-state index contributed by atoms with van der Waals surface area (Å²) in [5.74, 6) is 0.255. The van der Waals surface area contributed by atoms with E-state index in [-0.39, 0.29) is 5.91 Å². The summed E-state index contributed by atoms with van der Waals surface area (Å²) in [5.41, 5.74) is 7.41. The summed E-state index contributed by atoms with van der Waals surface area (Å²) >= 11 is 2.17. The second-order valence-electron chi connectivity index (χ2n) is 3.89. The van der Waals surface area contributed by atoms with E-state index in [9.17, 15) is 4.79 Å². The second-order valence-corrected chi connectivity index (χ2v) is 5.06. The molecular formula is C14H13IN2O2. The number of methoxy groups -OCH3 is 1. The fourth-order valence-electron chi connectivity index (χ4n) is 1.66. The van der Waals surface area contributed by atoms with Crippen LogP contribution in [0.5, 0.6) is 5.75 Å². The van der Waals surface area contributed by atoms with Crippen LogP contribution in [0.4, 0.5) is 11.4 Å². The maximum atomic E-state index is 12.2. The molecule has 0 heterocycles. The zero-order valence-electron chi connectivity index (χ0n) is 10.3. The predicted octanol–water partition coefficient (Wildman–Crippen LogP) is 3.13. The van der Waals surface area contributed by atoms with Crippen molar-refractivity contribution in [3.63, 3.8) is 0 Å². The number of nitrogens with one attached hydrogen (secondary N) is 1. The van der Waals surface area contributed by atoms with Gasteiger partial charge in [-0.05, 0) is 52.9 Å². The Balaban J connectivity index is 2.30. The molecule has 0 spiro atoms. The minimum atomic E-state index is -0.242. The van der Waals surface area contributed by atoms with Crippen molar-refractivity contribution in [1.29, 1.82) is 0 Å². The van der Waals surface area contributed by atoms with Gasteiger partial charge in [-0.2, -0.15) is 0 Å². The SMILES string of the molecule is COc1ccc(N)cc1C(=O)Nc1ccccc1I. The molecule has 0 radical (unpaired) electrons. The molecule has 0 unspecified atom stereocenters. The normalized spacial score (nSPS) is 10.0. The molecule has 2 aromatic carbocycles. The van der Waals surface area contributed by atoms with Gasteiger partial charge in [-0.25, -0.2) is 0 Å². The molecule has 2 rings (SSSR count). The Morgan fingerprint density at radius 1 is 1.26 bits per heavy atom. The van der Waals surface area contributed by atoms with Crippen molar-refractivity contribution in [3.8, 4) is 5.75 Å². The van der Waals surface area contributed by atoms with Crippen LogP contribution >= 0.6 is 22.6 Å². The molecule has 5 heteroatoms. The van der Waals surface area contributed by atoms with Gasteiger partial charge in [-0.1, -0.05) is 12.1 Å². The molecule has 0 aliphatic carbocycles. The first kappa shape index (κ1) is 13.7. The molecule has 0 aliphatic rings. The van der Waals surface area contributed by atoms with Crippen LogP contribution in [0.1, 0.15) is 10.4 Å². The van der Waals surface area contributed by atoms with Crippen LogP contribution in [0.25, 0.3) is 0 Å². The molecule has 0 fully saturated rings. The fraction of sp³-hybridized carbons (Fsp3) is 0.0714. The van der Waals surface area contributed by atoms with Gasteiger partial charge in [0.05, 0.1) is 18.4 Å². The van der Waals surface area contributed by atoms with Crippen molar-refractivity contribution in [2.45, 2.75) is 0 Å². The summed E-state index contributed by atoms with van der Waals surface area (Å²) in [6.07, 6.45) is 0. The van der Waals surface area contributed by atoms with Crippen LogP contribution in [-0.2, 0) is 0 Å². The van der Waals surface area contributed by atoms with E-state index in [1.165, 1.54) is 7.11 Å². The summed E-state index contributed by atoms with van der Waals surface area (Å²) in [6.45, 7) is 0. The molecule has 0 saturated heterocycles. The first-order valence-corrected chi connectivity index (χ1v) is 6.69. The third kappa shape index (κ3) is 3.17. The Bertz CT molecular complexity index is 614. The van der Waals surface area contributed by atoms with Crippen molar-refractivity contribution < 1.29 is 9.53 Å². The van der Waals surface area contributed by atoms with Gasteiger partial charge in [0.2, 0.25) is 0 Å². The molecule has 19 heavy (non-hydrogen) atoms. The predicted molar refractivity (Wildman–Crippen MR) is 84.5 cm³/mol. The minimum Gasteiger partial charge on any atom is -0.496 e. The van der Waals surface area contributed by atoms with Crippen LogP contribution in [-0.4, -0.2) is 13.0 Å². The van der Waals surface area contributed by atoms with Crippen LogP contribution in [0.2, 0.25) is 0 Å². The van der Waals surface area contributed by atoms with Gasteiger partial charge in [-0.15, -0.1) is 0 Å². The van der Waals surface area contributed by atoms with Crippen molar-refractivity contribution >= 4 is 39.9 Å². The Hall–Kier alpha value is -1.76. The molecule has 1 amide bonds. The quantitative estimate of drug-likeness (QED) is 0.646. The summed E-state index contributed by atoms with van der Waals surface area (Å²) in [7, 11) is 1.52. The highest BCUT2D eigenvalue weighted by Crippen LogP contribution is 2.24. The molecule has 98 valence electrons. The second kappa shape index (κ2) is 5.92. The lowest BCUT2D eigenvalue weighted by Gasteiger charge is -2.11. The van der Waals surface area contributed by atoms with Crippen LogP contribution in [0, 0.1) is 3.57 Å². The van der Waals surface area contributed by atoms with Gasteiger partial charge in [0, 0.05) is 9.26 Å². The molecule has 0 aliphatic heterocycles. The lowest BCUT2D eigenvalue weighted by Crippen LogP contribution is -2.14. The number of carbonyl (C=O) groups excluding carboxylic acids is 1. The van der Waals surface area contributed by atoms with Crippen molar-refractivity contribution in [2.24, 2.45) is 0 Å². The van der Waals surface area contributed by atoms with E-state index in [0.29, 0.717) is 17.0 Å². The standard InChI is InChI=1S/C14H13IN2O2/c1-19-13-7-6-9(16)8-10(13)14(18)17-12-5-3-2-4-11(12)15/h2-8H,16H2,1H3,(H,17,18). The molecule has 0 bridgehead atoms. The number of rotatable bonds is 3. The van der Waals surface area contributed by atoms with E-state index < -0.39 is 0 Å². The largest absolute Gasteiger partial charge is 0.496 e. The summed E-state index contributed by atoms with van der Waals surface area (Å²) in [4.78, 5) is 12.2. The number of amides is 1. The van der Waals surface area contributed by atoms with E-state index in [1.807, 2.05) is 24.3 Å². The van der Waals surface area contributed by atoms with E-state index in [1.54, 1.807) is 18.2 Å². The first-order chi connectivity index (χ1) is 9.11. The molecule has 0 saturated carbocycles. The maximum Gasteiger partial charge on any atom is 0.259 e. The summed E-state index contributed by atoms with van der Waals surface area (Å²) in [6, 6.07) is 12.5. The lowest BCUT2D eigenvalue weighted by atomic mass is 10.1. The van der Waals surface area contributed by atoms with Gasteiger partial charge in [0.1, 0.15) is 5.75 Å². The highest BCUT2D eigenvalue weighted by molar-refractivity contribution is 14.1. The van der Waals surface area contributed by atoms with Gasteiger partial charge < -0.3 is 15.8 Å². The molecule has 4 nitrogen and oxygen atoms in total. The first-order valence-electron chi connectivity index (χ1n) is 5.61. The summed E-state index contributed by atoms with van der Waals surface area (Å²) < 4.78 is 6.14. The van der Waals surface area contributed by atoms with Crippen LogP contribution in [0.15, 0.2) is 42.5 Å². The monoisotopic (exact) mass is 368 g/mol. The van der Waals surface area contributed by atoms with E-state index in [4.69, 9.17) is 10.5 Å². The van der Waals surface area contributed by atoms with Crippen LogP contribution < -0.4 is 15.8 Å². The minimum absolute atomic E-state index is 0.242. The number of ether oxygens (including phenoxy) is 1. The molecule has 3 N–H and O–H groups in total. The average Bonchev–Trinajstić information content (AvgIpc) is 2.41. The Labute approximate surface area is 125 Å². The van der Waals surface area contributed by atoms with E-state index in [0.717, 1.165) is 9.26 Å². The van der Waals surface area contributed by atoms with Gasteiger partial charge in [0.25, 0.3) is 5.91 Å². The highest BCUT2D eigenvalue weighted by Gasteiger charge is 2.13.